The predicted molar refractivity (Wildman–Crippen MR) is 62.9 cm³/mol. The van der Waals surface area contributed by atoms with Gasteiger partial charge in [-0.05, 0) is 31.5 Å². The number of nitrogens with two attached hydrogens (primary N) is 1. The highest BCUT2D eigenvalue weighted by Gasteiger charge is 2.12. The largest absolute Gasteiger partial charge is 0.330 e. The molecule has 3 nitrogen and oxygen atoms in total. The van der Waals surface area contributed by atoms with Gasteiger partial charge in [0.05, 0.1) is 0 Å². The van der Waals surface area contributed by atoms with Gasteiger partial charge in [0.25, 0.3) is 0 Å². The summed E-state index contributed by atoms with van der Waals surface area (Å²) in [6.45, 7) is 5.07. The Morgan fingerprint density at radius 1 is 1.47 bits per heavy atom. The molecule has 0 atom stereocenters. The van der Waals surface area contributed by atoms with Crippen molar-refractivity contribution in [2.45, 2.75) is 20.3 Å². The van der Waals surface area contributed by atoms with Gasteiger partial charge in [-0.25, -0.2) is 0 Å². The molecule has 0 aliphatic rings. The number of carbonyl (C=O) groups excluding carboxylic acids is 1. The van der Waals surface area contributed by atoms with E-state index in [9.17, 15) is 4.79 Å². The van der Waals surface area contributed by atoms with Crippen LogP contribution in [0.25, 0.3) is 0 Å². The molecule has 0 bridgehead atoms. The molecule has 0 fully saturated rings. The molecule has 3 heteroatoms. The number of hydrogen-bond acceptors (Lipinski definition) is 2. The van der Waals surface area contributed by atoms with Crippen LogP contribution in [0.1, 0.15) is 18.9 Å². The van der Waals surface area contributed by atoms with Crippen molar-refractivity contribution in [3.8, 4) is 0 Å². The standard InChI is InChI=1S/C12H18N2O/c1-3-14(12(15)7-8-13)11-6-4-5-10(2)9-11/h4-6,9H,3,7-8,13H2,1-2H3. The summed E-state index contributed by atoms with van der Waals surface area (Å²) >= 11 is 0. The highest BCUT2D eigenvalue weighted by atomic mass is 16.2. The Kier molecular flexibility index (Phi) is 4.31. The first kappa shape index (κ1) is 11.7. The fourth-order valence-electron chi connectivity index (χ4n) is 1.56. The molecule has 1 aromatic carbocycles. The Hall–Kier alpha value is -1.35. The normalized spacial score (nSPS) is 10.1. The summed E-state index contributed by atoms with van der Waals surface area (Å²) in [6, 6.07) is 7.94. The van der Waals surface area contributed by atoms with Crippen molar-refractivity contribution < 1.29 is 4.79 Å². The summed E-state index contributed by atoms with van der Waals surface area (Å²) in [7, 11) is 0. The lowest BCUT2D eigenvalue weighted by Crippen LogP contribution is -2.32. The molecule has 0 aromatic heterocycles. The molecule has 0 aliphatic carbocycles. The van der Waals surface area contributed by atoms with Crippen molar-refractivity contribution in [3.05, 3.63) is 29.8 Å². The minimum absolute atomic E-state index is 0.0885. The van der Waals surface area contributed by atoms with Crippen LogP contribution >= 0.6 is 0 Å². The third-order valence-corrected chi connectivity index (χ3v) is 2.29. The number of nitrogens with zero attached hydrogens (tertiary/aromatic N) is 1. The maximum Gasteiger partial charge on any atom is 0.228 e. The van der Waals surface area contributed by atoms with Gasteiger partial charge in [-0.2, -0.15) is 0 Å². The Morgan fingerprint density at radius 3 is 2.73 bits per heavy atom. The summed E-state index contributed by atoms with van der Waals surface area (Å²) in [6.07, 6.45) is 0.405. The van der Waals surface area contributed by atoms with Crippen molar-refractivity contribution >= 4 is 11.6 Å². The van der Waals surface area contributed by atoms with Gasteiger partial charge in [0.1, 0.15) is 0 Å². The van der Waals surface area contributed by atoms with E-state index >= 15 is 0 Å². The number of carbonyl (C=O) groups is 1. The van der Waals surface area contributed by atoms with Crippen LogP contribution in [0.15, 0.2) is 24.3 Å². The molecular formula is C12H18N2O. The molecule has 0 spiro atoms. The van der Waals surface area contributed by atoms with Crippen LogP contribution in [-0.4, -0.2) is 19.0 Å². The first-order valence-corrected chi connectivity index (χ1v) is 5.26. The van der Waals surface area contributed by atoms with Gasteiger partial charge in [0, 0.05) is 25.2 Å². The van der Waals surface area contributed by atoms with Crippen LogP contribution in [0.4, 0.5) is 5.69 Å². The fraction of sp³-hybridized carbons (Fsp3) is 0.417. The highest BCUT2D eigenvalue weighted by molar-refractivity contribution is 5.93. The van der Waals surface area contributed by atoms with Gasteiger partial charge in [-0.3, -0.25) is 4.79 Å². The number of aryl methyl sites for hydroxylation is 1. The van der Waals surface area contributed by atoms with Crippen LogP contribution in [0.5, 0.6) is 0 Å². The third kappa shape index (κ3) is 3.06. The third-order valence-electron chi connectivity index (χ3n) is 2.29. The zero-order chi connectivity index (χ0) is 11.3. The lowest BCUT2D eigenvalue weighted by atomic mass is 10.2. The Morgan fingerprint density at radius 2 is 2.20 bits per heavy atom. The number of hydrogen-bond donors (Lipinski definition) is 1. The first-order chi connectivity index (χ1) is 7.19. The summed E-state index contributed by atoms with van der Waals surface area (Å²) < 4.78 is 0. The topological polar surface area (TPSA) is 46.3 Å². The quantitative estimate of drug-likeness (QED) is 0.815. The predicted octanol–water partition coefficient (Wildman–Crippen LogP) is 1.70. The molecule has 1 amide bonds. The summed E-state index contributed by atoms with van der Waals surface area (Å²) in [4.78, 5) is 13.5. The molecule has 1 aromatic rings. The van der Waals surface area contributed by atoms with Gasteiger partial charge in [0.2, 0.25) is 5.91 Å². The van der Waals surface area contributed by atoms with Gasteiger partial charge in [0.15, 0.2) is 0 Å². The van der Waals surface area contributed by atoms with E-state index in [1.165, 1.54) is 0 Å². The maximum absolute atomic E-state index is 11.7. The van der Waals surface area contributed by atoms with E-state index in [1.54, 1.807) is 4.90 Å². The fourth-order valence-corrected chi connectivity index (χ4v) is 1.56. The van der Waals surface area contributed by atoms with Crippen LogP contribution in [0.3, 0.4) is 0 Å². The lowest BCUT2D eigenvalue weighted by molar-refractivity contribution is -0.118. The van der Waals surface area contributed by atoms with Gasteiger partial charge in [-0.15, -0.1) is 0 Å². The van der Waals surface area contributed by atoms with E-state index in [0.29, 0.717) is 19.5 Å². The molecule has 0 saturated heterocycles. The second-order valence-corrected chi connectivity index (χ2v) is 3.52. The molecule has 0 radical (unpaired) electrons. The van der Waals surface area contributed by atoms with Crippen LogP contribution in [-0.2, 0) is 4.79 Å². The smallest absolute Gasteiger partial charge is 0.228 e. The van der Waals surface area contributed by atoms with Gasteiger partial charge < -0.3 is 10.6 Å². The molecule has 0 unspecified atom stereocenters. The molecule has 0 saturated carbocycles. The van der Waals surface area contributed by atoms with Crippen molar-refractivity contribution in [2.75, 3.05) is 18.0 Å². The highest BCUT2D eigenvalue weighted by Crippen LogP contribution is 2.16. The second-order valence-electron chi connectivity index (χ2n) is 3.52. The Bertz CT molecular complexity index is 336. The van der Waals surface area contributed by atoms with Gasteiger partial charge >= 0.3 is 0 Å². The Labute approximate surface area is 90.9 Å². The summed E-state index contributed by atoms with van der Waals surface area (Å²) in [5.74, 6) is 0.0885. The SMILES string of the molecule is CCN(C(=O)CCN)c1cccc(C)c1. The van der Waals surface area contributed by atoms with E-state index in [1.807, 2.05) is 38.1 Å². The minimum atomic E-state index is 0.0885. The van der Waals surface area contributed by atoms with E-state index < -0.39 is 0 Å². The molecule has 0 aliphatic heterocycles. The molecule has 2 N–H and O–H groups in total. The molecule has 1 rings (SSSR count). The van der Waals surface area contributed by atoms with Crippen molar-refractivity contribution in [1.29, 1.82) is 0 Å². The van der Waals surface area contributed by atoms with Crippen LogP contribution in [0, 0.1) is 6.92 Å². The van der Waals surface area contributed by atoms with E-state index in [-0.39, 0.29) is 5.91 Å². The van der Waals surface area contributed by atoms with Crippen LogP contribution < -0.4 is 10.6 Å². The molecule has 82 valence electrons. The van der Waals surface area contributed by atoms with Crippen molar-refractivity contribution in [3.63, 3.8) is 0 Å². The average molecular weight is 206 g/mol. The van der Waals surface area contributed by atoms with Crippen LogP contribution in [0.2, 0.25) is 0 Å². The maximum atomic E-state index is 11.7. The molecule has 15 heavy (non-hydrogen) atoms. The van der Waals surface area contributed by atoms with Crippen molar-refractivity contribution in [1.82, 2.24) is 0 Å². The number of rotatable bonds is 4. The van der Waals surface area contributed by atoms with Gasteiger partial charge in [-0.1, -0.05) is 12.1 Å². The number of amides is 1. The lowest BCUT2D eigenvalue weighted by Gasteiger charge is -2.21. The average Bonchev–Trinajstić information content (AvgIpc) is 2.19. The van der Waals surface area contributed by atoms with Crippen molar-refractivity contribution in [2.24, 2.45) is 5.73 Å². The van der Waals surface area contributed by atoms with E-state index in [2.05, 4.69) is 0 Å². The second kappa shape index (κ2) is 5.51. The number of anilines is 1. The van der Waals surface area contributed by atoms with E-state index in [4.69, 9.17) is 5.73 Å². The monoisotopic (exact) mass is 206 g/mol. The summed E-state index contributed by atoms with van der Waals surface area (Å²) in [5, 5.41) is 0. The molecular weight excluding hydrogens is 188 g/mol. The minimum Gasteiger partial charge on any atom is -0.330 e. The zero-order valence-corrected chi connectivity index (χ0v) is 9.36. The van der Waals surface area contributed by atoms with E-state index in [0.717, 1.165) is 11.3 Å². The summed E-state index contributed by atoms with van der Waals surface area (Å²) in [5.41, 5.74) is 7.50. The zero-order valence-electron chi connectivity index (χ0n) is 9.36. The first-order valence-electron chi connectivity index (χ1n) is 5.26. The molecule has 0 heterocycles. The Balaban J connectivity index is 2.87. The number of benzene rings is 1.